The number of sulfonamides is 1. The van der Waals surface area contributed by atoms with E-state index in [1.807, 2.05) is 7.05 Å². The van der Waals surface area contributed by atoms with Crippen LogP contribution in [0.2, 0.25) is 0 Å². The molecule has 0 saturated carbocycles. The highest BCUT2D eigenvalue weighted by Crippen LogP contribution is 2.27. The van der Waals surface area contributed by atoms with Crippen LogP contribution in [0.1, 0.15) is 33.6 Å². The summed E-state index contributed by atoms with van der Waals surface area (Å²) in [7, 11) is -0.390. The lowest BCUT2D eigenvalue weighted by molar-refractivity contribution is 0.0693. The fourth-order valence-electron chi connectivity index (χ4n) is 3.03. The number of nitrogens with one attached hydrogen (secondary N) is 1. The number of hydrogen-bond acceptors (Lipinski definition) is 5. The van der Waals surface area contributed by atoms with Crippen molar-refractivity contribution in [3.63, 3.8) is 0 Å². The Balaban J connectivity index is 1.91. The summed E-state index contributed by atoms with van der Waals surface area (Å²) in [6.45, 7) is 0.884. The van der Waals surface area contributed by atoms with Crippen LogP contribution in [0, 0.1) is 0 Å². The average Bonchev–Trinajstić information content (AvgIpc) is 2.79. The zero-order valence-corrected chi connectivity index (χ0v) is 13.9. The van der Waals surface area contributed by atoms with Gasteiger partial charge in [-0.2, -0.15) is 4.31 Å². The minimum Gasteiger partial charge on any atom is -0.317 e. The van der Waals surface area contributed by atoms with Crippen LogP contribution in [0.5, 0.6) is 0 Å². The normalized spacial score (nSPS) is 20.2. The maximum absolute atomic E-state index is 12.7. The Labute approximate surface area is 135 Å². The van der Waals surface area contributed by atoms with E-state index in [1.165, 1.54) is 29.6 Å². The molecule has 0 bridgehead atoms. The summed E-state index contributed by atoms with van der Waals surface area (Å²) < 4.78 is 26.9. The number of amides is 2. The van der Waals surface area contributed by atoms with Gasteiger partial charge in [-0.05, 0) is 38.1 Å². The van der Waals surface area contributed by atoms with Crippen molar-refractivity contribution in [2.24, 2.45) is 0 Å². The highest BCUT2D eigenvalue weighted by Gasteiger charge is 2.35. The van der Waals surface area contributed by atoms with Gasteiger partial charge < -0.3 is 5.32 Å². The molecular formula is C15H19N3O4S. The number of hydrogen-bond donors (Lipinski definition) is 1. The molecule has 2 amide bonds. The minimum atomic E-state index is -3.65. The van der Waals surface area contributed by atoms with Gasteiger partial charge in [-0.15, -0.1) is 0 Å². The Morgan fingerprint density at radius 3 is 2.30 bits per heavy atom. The first-order valence-electron chi connectivity index (χ1n) is 7.50. The summed E-state index contributed by atoms with van der Waals surface area (Å²) in [5.74, 6) is -0.861. The summed E-state index contributed by atoms with van der Waals surface area (Å²) in [5.41, 5.74) is 0.411. The quantitative estimate of drug-likeness (QED) is 0.801. The van der Waals surface area contributed by atoms with Crippen molar-refractivity contribution < 1.29 is 18.0 Å². The number of imide groups is 1. The molecule has 2 heterocycles. The van der Waals surface area contributed by atoms with Gasteiger partial charge in [0.15, 0.2) is 0 Å². The van der Waals surface area contributed by atoms with Gasteiger partial charge in [0.05, 0.1) is 16.0 Å². The fraction of sp³-hybridized carbons (Fsp3) is 0.467. The van der Waals surface area contributed by atoms with Crippen LogP contribution >= 0.6 is 0 Å². The Kier molecular flexibility index (Phi) is 3.99. The molecule has 1 saturated heterocycles. The number of carbonyl (C=O) groups is 2. The van der Waals surface area contributed by atoms with E-state index < -0.39 is 21.8 Å². The van der Waals surface area contributed by atoms with Gasteiger partial charge in [-0.25, -0.2) is 8.42 Å². The van der Waals surface area contributed by atoms with E-state index in [1.54, 1.807) is 0 Å². The zero-order chi connectivity index (χ0) is 16.8. The van der Waals surface area contributed by atoms with Crippen molar-refractivity contribution in [3.8, 4) is 0 Å². The molecule has 1 aromatic carbocycles. The van der Waals surface area contributed by atoms with Gasteiger partial charge in [-0.1, -0.05) is 0 Å². The summed E-state index contributed by atoms with van der Waals surface area (Å²) >= 11 is 0. The number of fused-ring (bicyclic) bond motifs is 1. The second kappa shape index (κ2) is 5.70. The van der Waals surface area contributed by atoms with Gasteiger partial charge >= 0.3 is 0 Å². The van der Waals surface area contributed by atoms with Crippen molar-refractivity contribution in [1.82, 2.24) is 14.5 Å². The Morgan fingerprint density at radius 1 is 1.09 bits per heavy atom. The predicted octanol–water partition coefficient (Wildman–Crippen LogP) is 0.285. The van der Waals surface area contributed by atoms with E-state index in [-0.39, 0.29) is 16.0 Å². The lowest BCUT2D eigenvalue weighted by atomic mass is 10.1. The maximum atomic E-state index is 12.7. The zero-order valence-electron chi connectivity index (χ0n) is 13.1. The van der Waals surface area contributed by atoms with E-state index in [9.17, 15) is 18.0 Å². The van der Waals surface area contributed by atoms with E-state index >= 15 is 0 Å². The standard InChI is InChI=1S/C15H19N3O4S/c1-16-10-5-7-18(8-6-10)23(21,22)11-3-4-12-13(9-11)15(20)17(2)14(12)19/h3-4,9-10,16H,5-8H2,1-2H3. The monoisotopic (exact) mass is 337 g/mol. The van der Waals surface area contributed by atoms with Crippen LogP contribution in [0.3, 0.4) is 0 Å². The largest absolute Gasteiger partial charge is 0.317 e. The van der Waals surface area contributed by atoms with E-state index in [0.717, 1.165) is 17.7 Å². The molecule has 0 aromatic heterocycles. The molecule has 0 spiro atoms. The molecule has 124 valence electrons. The van der Waals surface area contributed by atoms with E-state index in [4.69, 9.17) is 0 Å². The molecule has 1 fully saturated rings. The van der Waals surface area contributed by atoms with Gasteiger partial charge in [-0.3, -0.25) is 14.5 Å². The lowest BCUT2D eigenvalue weighted by Crippen LogP contribution is -2.43. The molecule has 1 N–H and O–H groups in total. The summed E-state index contributed by atoms with van der Waals surface area (Å²) in [4.78, 5) is 25.0. The van der Waals surface area contributed by atoms with Crippen LogP contribution in [0.15, 0.2) is 23.1 Å². The van der Waals surface area contributed by atoms with Crippen molar-refractivity contribution in [2.75, 3.05) is 27.2 Å². The summed E-state index contributed by atoms with van der Waals surface area (Å²) in [6, 6.07) is 4.47. The molecular weight excluding hydrogens is 318 g/mol. The first-order chi connectivity index (χ1) is 10.9. The third kappa shape index (κ3) is 2.56. The van der Waals surface area contributed by atoms with Crippen molar-refractivity contribution in [3.05, 3.63) is 29.3 Å². The van der Waals surface area contributed by atoms with Crippen molar-refractivity contribution in [2.45, 2.75) is 23.8 Å². The van der Waals surface area contributed by atoms with Gasteiger partial charge in [0.2, 0.25) is 10.0 Å². The van der Waals surface area contributed by atoms with E-state index in [0.29, 0.717) is 19.1 Å². The van der Waals surface area contributed by atoms with Crippen molar-refractivity contribution >= 4 is 21.8 Å². The topological polar surface area (TPSA) is 86.8 Å². The number of benzene rings is 1. The number of rotatable bonds is 3. The molecule has 3 rings (SSSR count). The second-order valence-corrected chi connectivity index (χ2v) is 7.78. The van der Waals surface area contributed by atoms with Crippen LogP contribution in [0.4, 0.5) is 0 Å². The van der Waals surface area contributed by atoms with E-state index in [2.05, 4.69) is 5.32 Å². The highest BCUT2D eigenvalue weighted by atomic mass is 32.2. The smallest absolute Gasteiger partial charge is 0.261 e. The molecule has 8 heteroatoms. The summed E-state index contributed by atoms with van der Waals surface area (Å²) in [6.07, 6.45) is 1.50. The Hall–Kier alpha value is -1.77. The first kappa shape index (κ1) is 16.1. The Bertz CT molecular complexity index is 767. The Morgan fingerprint density at radius 2 is 1.70 bits per heavy atom. The number of piperidine rings is 1. The number of carbonyl (C=O) groups excluding carboxylic acids is 2. The van der Waals surface area contributed by atoms with Crippen LogP contribution < -0.4 is 5.32 Å². The molecule has 0 radical (unpaired) electrons. The molecule has 2 aliphatic rings. The maximum Gasteiger partial charge on any atom is 0.261 e. The highest BCUT2D eigenvalue weighted by molar-refractivity contribution is 7.89. The molecule has 0 unspecified atom stereocenters. The predicted molar refractivity (Wildman–Crippen MR) is 83.7 cm³/mol. The third-order valence-electron chi connectivity index (χ3n) is 4.56. The third-order valence-corrected chi connectivity index (χ3v) is 6.46. The summed E-state index contributed by atoms with van der Waals surface area (Å²) in [5, 5.41) is 3.16. The van der Waals surface area contributed by atoms with Gasteiger partial charge in [0.25, 0.3) is 11.8 Å². The van der Waals surface area contributed by atoms with Gasteiger partial charge in [0, 0.05) is 26.2 Å². The molecule has 0 aliphatic carbocycles. The minimum absolute atomic E-state index is 0.0654. The number of nitrogens with zero attached hydrogens (tertiary/aromatic N) is 2. The fourth-order valence-corrected chi connectivity index (χ4v) is 4.53. The van der Waals surface area contributed by atoms with Crippen LogP contribution in [-0.4, -0.2) is 62.7 Å². The second-order valence-electron chi connectivity index (χ2n) is 5.84. The lowest BCUT2D eigenvalue weighted by Gasteiger charge is -2.31. The van der Waals surface area contributed by atoms with Crippen molar-refractivity contribution in [1.29, 1.82) is 0 Å². The average molecular weight is 337 g/mol. The molecule has 7 nitrogen and oxygen atoms in total. The van der Waals surface area contributed by atoms with Gasteiger partial charge in [0.1, 0.15) is 0 Å². The molecule has 1 aromatic rings. The molecule has 0 atom stereocenters. The van der Waals surface area contributed by atoms with Crippen LogP contribution in [-0.2, 0) is 10.0 Å². The SMILES string of the molecule is CNC1CCN(S(=O)(=O)c2ccc3c(c2)C(=O)N(C)C3=O)CC1. The molecule has 2 aliphatic heterocycles. The molecule has 23 heavy (non-hydrogen) atoms. The first-order valence-corrected chi connectivity index (χ1v) is 8.94. The van der Waals surface area contributed by atoms with Crippen LogP contribution in [0.25, 0.3) is 0 Å².